The maximum atomic E-state index is 13.0. The number of nitrogens with zero attached hydrogens (tertiary/aromatic N) is 2. The van der Waals surface area contributed by atoms with Crippen LogP contribution in [0.4, 0.5) is 10.1 Å². The van der Waals surface area contributed by atoms with Gasteiger partial charge in [0.2, 0.25) is 5.91 Å². The van der Waals surface area contributed by atoms with Gasteiger partial charge in [0, 0.05) is 51.2 Å². The van der Waals surface area contributed by atoms with Gasteiger partial charge >= 0.3 is 0 Å². The molecule has 6 nitrogen and oxygen atoms in total. The van der Waals surface area contributed by atoms with E-state index in [0.29, 0.717) is 13.1 Å². The van der Waals surface area contributed by atoms with Crippen LogP contribution in [-0.2, 0) is 14.6 Å². The number of halogens is 1. The highest BCUT2D eigenvalue weighted by molar-refractivity contribution is 7.92. The Balaban J connectivity index is 1.72. The summed E-state index contributed by atoms with van der Waals surface area (Å²) < 4.78 is 35.6. The van der Waals surface area contributed by atoms with Crippen LogP contribution in [0.2, 0.25) is 0 Å². The SMILES string of the molecule is C[C@@H](C(=O)NCCN1CCN(c2ccc(F)cc2)CC1)S(C)(=O)=O. The van der Waals surface area contributed by atoms with Crippen LogP contribution in [0.25, 0.3) is 0 Å². The predicted molar refractivity (Wildman–Crippen MR) is 92.4 cm³/mol. The van der Waals surface area contributed by atoms with Crippen molar-refractivity contribution < 1.29 is 17.6 Å². The van der Waals surface area contributed by atoms with Gasteiger partial charge in [-0.2, -0.15) is 0 Å². The third kappa shape index (κ3) is 5.17. The van der Waals surface area contributed by atoms with E-state index in [-0.39, 0.29) is 5.82 Å². The van der Waals surface area contributed by atoms with E-state index in [4.69, 9.17) is 0 Å². The summed E-state index contributed by atoms with van der Waals surface area (Å²) in [7, 11) is -3.36. The van der Waals surface area contributed by atoms with Crippen molar-refractivity contribution in [2.45, 2.75) is 12.2 Å². The molecule has 134 valence electrons. The molecule has 0 unspecified atom stereocenters. The minimum absolute atomic E-state index is 0.239. The fraction of sp³-hybridized carbons (Fsp3) is 0.562. The summed E-state index contributed by atoms with van der Waals surface area (Å²) in [5.74, 6) is -0.695. The maximum absolute atomic E-state index is 13.0. The van der Waals surface area contributed by atoms with Crippen molar-refractivity contribution in [3.05, 3.63) is 30.1 Å². The van der Waals surface area contributed by atoms with E-state index in [2.05, 4.69) is 15.1 Å². The Morgan fingerprint density at radius 1 is 1.21 bits per heavy atom. The summed E-state index contributed by atoms with van der Waals surface area (Å²) in [5.41, 5.74) is 1.01. The van der Waals surface area contributed by atoms with Crippen LogP contribution in [0.5, 0.6) is 0 Å². The normalized spacial score (nSPS) is 17.5. The molecular weight excluding hydrogens is 333 g/mol. The Morgan fingerprint density at radius 3 is 2.33 bits per heavy atom. The Bertz CT molecular complexity index is 656. The maximum Gasteiger partial charge on any atom is 0.238 e. The molecule has 0 aromatic heterocycles. The molecule has 0 aliphatic carbocycles. The molecule has 1 aromatic carbocycles. The van der Waals surface area contributed by atoms with E-state index >= 15 is 0 Å². The van der Waals surface area contributed by atoms with Crippen molar-refractivity contribution in [3.63, 3.8) is 0 Å². The van der Waals surface area contributed by atoms with E-state index in [0.717, 1.165) is 38.1 Å². The fourth-order valence-electron chi connectivity index (χ4n) is 2.56. The van der Waals surface area contributed by atoms with Crippen molar-refractivity contribution in [2.75, 3.05) is 50.4 Å². The largest absolute Gasteiger partial charge is 0.369 e. The van der Waals surface area contributed by atoms with Gasteiger partial charge in [-0.15, -0.1) is 0 Å². The van der Waals surface area contributed by atoms with Gasteiger partial charge in [-0.25, -0.2) is 12.8 Å². The molecule has 1 atom stereocenters. The van der Waals surface area contributed by atoms with Crippen LogP contribution in [0.3, 0.4) is 0 Å². The number of carbonyl (C=O) groups excluding carboxylic acids is 1. The molecule has 8 heteroatoms. The fourth-order valence-corrected chi connectivity index (χ4v) is 3.03. The lowest BCUT2D eigenvalue weighted by Crippen LogP contribution is -2.49. The highest BCUT2D eigenvalue weighted by atomic mass is 32.2. The van der Waals surface area contributed by atoms with Crippen molar-refractivity contribution in [1.29, 1.82) is 0 Å². The molecule has 0 spiro atoms. The molecule has 1 amide bonds. The van der Waals surface area contributed by atoms with Crippen LogP contribution < -0.4 is 10.2 Å². The molecule has 1 fully saturated rings. The molecule has 0 bridgehead atoms. The molecule has 0 saturated carbocycles. The number of amides is 1. The van der Waals surface area contributed by atoms with Crippen LogP contribution in [0.15, 0.2) is 24.3 Å². The van der Waals surface area contributed by atoms with Gasteiger partial charge in [0.05, 0.1) is 0 Å². The zero-order valence-electron chi connectivity index (χ0n) is 14.0. The molecule has 24 heavy (non-hydrogen) atoms. The van der Waals surface area contributed by atoms with Gasteiger partial charge in [0.1, 0.15) is 11.1 Å². The minimum Gasteiger partial charge on any atom is -0.369 e. The van der Waals surface area contributed by atoms with Crippen LogP contribution in [0.1, 0.15) is 6.92 Å². The van der Waals surface area contributed by atoms with Crippen LogP contribution in [0, 0.1) is 5.82 Å². The monoisotopic (exact) mass is 357 g/mol. The number of benzene rings is 1. The number of hydrogen-bond acceptors (Lipinski definition) is 5. The van der Waals surface area contributed by atoms with Crippen molar-refractivity contribution in [1.82, 2.24) is 10.2 Å². The number of anilines is 1. The molecule has 1 N–H and O–H groups in total. The highest BCUT2D eigenvalue weighted by Gasteiger charge is 2.23. The van der Waals surface area contributed by atoms with Gasteiger partial charge in [-0.3, -0.25) is 9.69 Å². The van der Waals surface area contributed by atoms with Crippen molar-refractivity contribution >= 4 is 21.4 Å². The number of rotatable bonds is 6. The Labute approximate surface area is 142 Å². The lowest BCUT2D eigenvalue weighted by molar-refractivity contribution is -0.120. The zero-order valence-corrected chi connectivity index (χ0v) is 14.9. The topological polar surface area (TPSA) is 69.7 Å². The summed E-state index contributed by atoms with van der Waals surface area (Å²) in [5, 5.41) is 1.65. The second kappa shape index (κ2) is 7.94. The second-order valence-electron chi connectivity index (χ2n) is 6.07. The number of nitrogens with one attached hydrogen (secondary N) is 1. The summed E-state index contributed by atoms with van der Waals surface area (Å²) in [6.07, 6.45) is 1.06. The Morgan fingerprint density at radius 2 is 1.79 bits per heavy atom. The molecular formula is C16H24FN3O3S. The second-order valence-corrected chi connectivity index (χ2v) is 8.43. The molecule has 1 aromatic rings. The van der Waals surface area contributed by atoms with E-state index in [1.54, 1.807) is 12.1 Å². The number of piperazine rings is 1. The van der Waals surface area contributed by atoms with Gasteiger partial charge < -0.3 is 10.2 Å². The lowest BCUT2D eigenvalue weighted by atomic mass is 10.2. The third-order valence-electron chi connectivity index (χ3n) is 4.30. The van der Waals surface area contributed by atoms with Crippen molar-refractivity contribution in [2.24, 2.45) is 0 Å². The number of carbonyl (C=O) groups is 1. The first-order valence-corrected chi connectivity index (χ1v) is 9.92. The standard InChI is InChI=1S/C16H24FN3O3S/c1-13(24(2,22)23)16(21)18-7-8-19-9-11-20(12-10-19)15-5-3-14(17)4-6-15/h3-6,13H,7-12H2,1-2H3,(H,18,21)/t13-/m0/s1. The molecule has 1 saturated heterocycles. The Kier molecular flexibility index (Phi) is 6.17. The third-order valence-corrected chi connectivity index (χ3v) is 5.80. The minimum atomic E-state index is -3.36. The number of sulfone groups is 1. The van der Waals surface area contributed by atoms with Crippen LogP contribution >= 0.6 is 0 Å². The zero-order chi connectivity index (χ0) is 17.7. The first-order valence-electron chi connectivity index (χ1n) is 7.97. The smallest absolute Gasteiger partial charge is 0.238 e. The van der Waals surface area contributed by atoms with Gasteiger partial charge in [0.15, 0.2) is 9.84 Å². The van der Waals surface area contributed by atoms with E-state index < -0.39 is 21.0 Å². The first kappa shape index (κ1) is 18.7. The lowest BCUT2D eigenvalue weighted by Gasteiger charge is -2.36. The quantitative estimate of drug-likeness (QED) is 0.803. The summed E-state index contributed by atoms with van der Waals surface area (Å²) in [4.78, 5) is 16.2. The Hall–Kier alpha value is -1.67. The first-order chi connectivity index (χ1) is 11.3. The van der Waals surface area contributed by atoms with Gasteiger partial charge in [-0.05, 0) is 31.2 Å². The number of hydrogen-bond donors (Lipinski definition) is 1. The average molecular weight is 357 g/mol. The van der Waals surface area contributed by atoms with Crippen LogP contribution in [-0.4, -0.2) is 70.0 Å². The summed E-state index contributed by atoms with van der Waals surface area (Å²) >= 11 is 0. The molecule has 2 rings (SSSR count). The van der Waals surface area contributed by atoms with Gasteiger partial charge in [0.25, 0.3) is 0 Å². The molecule has 1 heterocycles. The predicted octanol–water partition coefficient (Wildman–Crippen LogP) is 0.497. The van der Waals surface area contributed by atoms with E-state index in [1.807, 2.05) is 0 Å². The molecule has 1 aliphatic heterocycles. The van der Waals surface area contributed by atoms with E-state index in [1.165, 1.54) is 19.1 Å². The van der Waals surface area contributed by atoms with Crippen molar-refractivity contribution in [3.8, 4) is 0 Å². The summed E-state index contributed by atoms with van der Waals surface area (Å²) in [6, 6.07) is 6.47. The molecule has 1 aliphatic rings. The van der Waals surface area contributed by atoms with Gasteiger partial charge in [-0.1, -0.05) is 0 Å². The average Bonchev–Trinajstić information content (AvgIpc) is 2.54. The van der Waals surface area contributed by atoms with E-state index in [9.17, 15) is 17.6 Å². The summed E-state index contributed by atoms with van der Waals surface area (Å²) in [6.45, 7) is 5.85. The molecule has 0 radical (unpaired) electrons. The highest BCUT2D eigenvalue weighted by Crippen LogP contribution is 2.16.